The Hall–Kier alpha value is -3.15. The minimum absolute atomic E-state index is 0.0140. The number of nitrogens with one attached hydrogen (secondary N) is 1. The van der Waals surface area contributed by atoms with Crippen LogP contribution in [0.1, 0.15) is 24.8 Å². The van der Waals surface area contributed by atoms with Gasteiger partial charge in [0.15, 0.2) is 9.84 Å². The third-order valence-corrected chi connectivity index (χ3v) is 11.1. The van der Waals surface area contributed by atoms with Crippen molar-refractivity contribution in [2.24, 2.45) is 5.92 Å². The van der Waals surface area contributed by atoms with Crippen LogP contribution < -0.4 is 14.5 Å². The Balaban J connectivity index is 1.20. The Morgan fingerprint density at radius 3 is 2.34 bits per heavy atom. The number of piperidine rings is 1. The first-order valence-electron chi connectivity index (χ1n) is 13.8. The molecule has 1 N–H and O–H groups in total. The van der Waals surface area contributed by atoms with Crippen LogP contribution in [-0.4, -0.2) is 62.5 Å². The van der Waals surface area contributed by atoms with E-state index in [0.29, 0.717) is 11.6 Å². The van der Waals surface area contributed by atoms with Gasteiger partial charge in [-0.1, -0.05) is 18.2 Å². The quantitative estimate of drug-likeness (QED) is 0.430. The van der Waals surface area contributed by atoms with Crippen molar-refractivity contribution in [3.05, 3.63) is 78.1 Å². The summed E-state index contributed by atoms with van der Waals surface area (Å²) in [6, 6.07) is 17.7. The van der Waals surface area contributed by atoms with Gasteiger partial charge in [0, 0.05) is 56.1 Å². The first-order valence-corrected chi connectivity index (χ1v) is 17.2. The molecule has 3 aliphatic heterocycles. The number of sulfonamides is 1. The van der Waals surface area contributed by atoms with Gasteiger partial charge in [0.1, 0.15) is 5.82 Å². The van der Waals surface area contributed by atoms with Crippen LogP contribution in [0.3, 0.4) is 0 Å². The molecule has 1 atom stereocenters. The molecule has 3 aliphatic rings. The average molecular weight is 600 g/mol. The summed E-state index contributed by atoms with van der Waals surface area (Å²) < 4.78 is 72.6. The predicted molar refractivity (Wildman–Crippen MR) is 157 cm³/mol. The van der Waals surface area contributed by atoms with Crippen LogP contribution in [-0.2, 0) is 30.0 Å². The first-order chi connectivity index (χ1) is 19.5. The van der Waals surface area contributed by atoms with Crippen molar-refractivity contribution < 1.29 is 26.0 Å². The number of halogens is 1. The maximum absolute atomic E-state index is 14.3. The van der Waals surface area contributed by atoms with Gasteiger partial charge in [0.05, 0.1) is 27.8 Å². The van der Waals surface area contributed by atoms with Gasteiger partial charge in [-0.3, -0.25) is 4.72 Å². The third-order valence-electron chi connectivity index (χ3n) is 8.64. The zero-order chi connectivity index (χ0) is 28.8. The molecule has 3 aromatic rings. The van der Waals surface area contributed by atoms with E-state index in [1.165, 1.54) is 29.8 Å². The fourth-order valence-corrected chi connectivity index (χ4v) is 8.17. The van der Waals surface area contributed by atoms with Crippen molar-refractivity contribution in [3.8, 4) is 0 Å². The molecule has 3 heterocycles. The summed E-state index contributed by atoms with van der Waals surface area (Å²) >= 11 is 0. The van der Waals surface area contributed by atoms with Gasteiger partial charge in [-0.2, -0.15) is 0 Å². The molecule has 1 unspecified atom stereocenters. The number of fused-ring (bicyclic) bond motifs is 2. The minimum atomic E-state index is -3.95. The third kappa shape index (κ3) is 5.54. The Labute approximate surface area is 241 Å². The number of hydrogen-bond donors (Lipinski definition) is 1. The number of nitrogens with zero attached hydrogens (tertiary/aromatic N) is 2. The number of benzene rings is 3. The van der Waals surface area contributed by atoms with Gasteiger partial charge in [-0.05, 0) is 73.4 Å². The highest BCUT2D eigenvalue weighted by Gasteiger charge is 2.45. The summed E-state index contributed by atoms with van der Waals surface area (Å²) in [5.74, 6) is 0.224. The summed E-state index contributed by atoms with van der Waals surface area (Å²) in [5, 5.41) is 0. The number of ether oxygens (including phenoxy) is 1. The van der Waals surface area contributed by atoms with Gasteiger partial charge >= 0.3 is 0 Å². The summed E-state index contributed by atoms with van der Waals surface area (Å²) in [5.41, 5.74) is 3.35. The molecule has 0 aliphatic carbocycles. The molecule has 0 amide bonds. The largest absolute Gasteiger partial charge is 0.381 e. The summed E-state index contributed by atoms with van der Waals surface area (Å²) in [6.45, 7) is 4.67. The van der Waals surface area contributed by atoms with Crippen LogP contribution >= 0.6 is 0 Å². The average Bonchev–Trinajstić information content (AvgIpc) is 3.55. The Kier molecular flexibility index (Phi) is 7.24. The van der Waals surface area contributed by atoms with E-state index in [4.69, 9.17) is 4.74 Å². The zero-order valence-corrected chi connectivity index (χ0v) is 24.6. The van der Waals surface area contributed by atoms with Crippen molar-refractivity contribution in [3.63, 3.8) is 0 Å². The van der Waals surface area contributed by atoms with E-state index >= 15 is 0 Å². The second-order valence-electron chi connectivity index (χ2n) is 11.4. The molecule has 2 fully saturated rings. The summed E-state index contributed by atoms with van der Waals surface area (Å²) in [4.78, 5) is 4.59. The maximum atomic E-state index is 14.3. The summed E-state index contributed by atoms with van der Waals surface area (Å²) in [7, 11) is -7.38. The van der Waals surface area contributed by atoms with E-state index in [0.717, 1.165) is 76.3 Å². The van der Waals surface area contributed by atoms with Crippen LogP contribution in [0.2, 0.25) is 0 Å². The molecule has 0 radical (unpaired) electrons. The van der Waals surface area contributed by atoms with Crippen LogP contribution in [0.4, 0.5) is 21.5 Å². The van der Waals surface area contributed by atoms with E-state index < -0.39 is 19.9 Å². The predicted octanol–water partition coefficient (Wildman–Crippen LogP) is 4.42. The van der Waals surface area contributed by atoms with E-state index in [1.54, 1.807) is 24.3 Å². The lowest BCUT2D eigenvalue weighted by molar-refractivity contribution is 0.186. The van der Waals surface area contributed by atoms with Crippen molar-refractivity contribution in [1.82, 2.24) is 0 Å². The van der Waals surface area contributed by atoms with Gasteiger partial charge in [-0.25, -0.2) is 21.2 Å². The first kappa shape index (κ1) is 28.0. The highest BCUT2D eigenvalue weighted by molar-refractivity contribution is 7.92. The number of hydrogen-bond acceptors (Lipinski definition) is 7. The molecule has 2 saturated heterocycles. The molecule has 11 heteroatoms. The lowest BCUT2D eigenvalue weighted by Gasteiger charge is -2.41. The molecule has 1 spiro atoms. The molecular formula is C30H34FN3O5S2. The molecule has 3 aromatic carbocycles. The second kappa shape index (κ2) is 10.6. The van der Waals surface area contributed by atoms with Gasteiger partial charge < -0.3 is 14.5 Å². The highest BCUT2D eigenvalue weighted by atomic mass is 32.2. The maximum Gasteiger partial charge on any atom is 0.261 e. The second-order valence-corrected chi connectivity index (χ2v) is 15.1. The fourth-order valence-electron chi connectivity index (χ4n) is 6.46. The Bertz CT molecular complexity index is 1650. The molecule has 6 rings (SSSR count). The van der Waals surface area contributed by atoms with Crippen LogP contribution in [0.15, 0.2) is 76.5 Å². The number of para-hydroxylation sites is 2. The van der Waals surface area contributed by atoms with Gasteiger partial charge in [-0.15, -0.1) is 0 Å². The van der Waals surface area contributed by atoms with Crippen molar-refractivity contribution >= 4 is 36.9 Å². The van der Waals surface area contributed by atoms with Gasteiger partial charge in [0.25, 0.3) is 10.0 Å². The van der Waals surface area contributed by atoms with E-state index in [-0.39, 0.29) is 21.0 Å². The van der Waals surface area contributed by atoms with Gasteiger partial charge in [0.2, 0.25) is 0 Å². The highest BCUT2D eigenvalue weighted by Crippen LogP contribution is 2.48. The van der Waals surface area contributed by atoms with Crippen LogP contribution in [0, 0.1) is 11.7 Å². The fraction of sp³-hybridized carbons (Fsp3) is 0.400. The number of rotatable bonds is 7. The standard InChI is InChI=1S/C30H34FN3O5S2/c1-40(35,36)24-7-9-25(10-8-24)41(37,38)32-27-4-2-3-5-28(27)33-15-13-30(14-16-33)21-34(19-22-12-17-39-20-22)29-18-23(31)6-11-26(29)30/h2-11,18,22,32H,12-17,19-21H2,1H3. The van der Waals surface area contributed by atoms with Crippen LogP contribution in [0.5, 0.6) is 0 Å². The minimum Gasteiger partial charge on any atom is -0.381 e. The Morgan fingerprint density at radius 2 is 1.66 bits per heavy atom. The topological polar surface area (TPSA) is 96.0 Å². The summed E-state index contributed by atoms with van der Waals surface area (Å²) in [6.07, 6.45) is 3.82. The van der Waals surface area contributed by atoms with Crippen molar-refractivity contribution in [2.75, 3.05) is 60.2 Å². The molecule has 0 bridgehead atoms. The van der Waals surface area contributed by atoms with Crippen molar-refractivity contribution in [2.45, 2.75) is 34.5 Å². The molecule has 0 saturated carbocycles. The SMILES string of the molecule is CS(=O)(=O)c1ccc(S(=O)(=O)Nc2ccccc2N2CCC3(CC2)CN(CC2CCOC2)c2cc(F)ccc23)cc1. The zero-order valence-electron chi connectivity index (χ0n) is 22.9. The monoisotopic (exact) mass is 599 g/mol. The Morgan fingerprint density at radius 1 is 0.951 bits per heavy atom. The van der Waals surface area contributed by atoms with E-state index in [2.05, 4.69) is 14.5 Å². The number of sulfone groups is 1. The normalized spacial score (nSPS) is 20.4. The number of anilines is 3. The molecule has 0 aromatic heterocycles. The lowest BCUT2D eigenvalue weighted by atomic mass is 9.74. The van der Waals surface area contributed by atoms with Crippen molar-refractivity contribution in [1.29, 1.82) is 0 Å². The molecule has 218 valence electrons. The van der Waals surface area contributed by atoms with E-state index in [1.807, 2.05) is 18.2 Å². The van der Waals surface area contributed by atoms with E-state index in [9.17, 15) is 21.2 Å². The smallest absolute Gasteiger partial charge is 0.261 e. The molecular weight excluding hydrogens is 565 g/mol. The molecule has 41 heavy (non-hydrogen) atoms. The molecule has 8 nitrogen and oxygen atoms in total. The lowest BCUT2D eigenvalue weighted by Crippen LogP contribution is -2.46. The van der Waals surface area contributed by atoms with Crippen LogP contribution in [0.25, 0.3) is 0 Å².